The number of carbonyl (C=O) groups is 2. The topological polar surface area (TPSA) is 78.9 Å². The number of likely N-dealkylation sites (tertiary alicyclic amines) is 1. The Morgan fingerprint density at radius 3 is 2.71 bits per heavy atom. The Morgan fingerprint density at radius 2 is 2.10 bits per heavy atom. The molecular formula is C13H14Br2N2O4. The van der Waals surface area contributed by atoms with Crippen molar-refractivity contribution in [1.82, 2.24) is 4.90 Å². The third-order valence-electron chi connectivity index (χ3n) is 3.28. The summed E-state index contributed by atoms with van der Waals surface area (Å²) in [4.78, 5) is 24.7. The van der Waals surface area contributed by atoms with E-state index in [4.69, 9.17) is 9.84 Å². The van der Waals surface area contributed by atoms with Crippen molar-refractivity contribution in [2.24, 2.45) is 0 Å². The zero-order valence-electron chi connectivity index (χ0n) is 11.2. The molecule has 1 aromatic carbocycles. The van der Waals surface area contributed by atoms with E-state index in [1.807, 2.05) is 0 Å². The van der Waals surface area contributed by atoms with Crippen molar-refractivity contribution in [2.75, 3.05) is 19.0 Å². The minimum Gasteiger partial charge on any atom is -0.495 e. The molecule has 114 valence electrons. The molecule has 0 aliphatic carbocycles. The molecule has 2 rings (SSSR count). The van der Waals surface area contributed by atoms with Gasteiger partial charge < -0.3 is 20.1 Å². The van der Waals surface area contributed by atoms with E-state index in [0.717, 1.165) is 4.47 Å². The van der Waals surface area contributed by atoms with Crippen molar-refractivity contribution >= 4 is 49.5 Å². The fourth-order valence-electron chi connectivity index (χ4n) is 2.23. The van der Waals surface area contributed by atoms with Crippen LogP contribution < -0.4 is 10.1 Å². The maximum Gasteiger partial charge on any atom is 0.326 e. The van der Waals surface area contributed by atoms with Crippen molar-refractivity contribution in [3.05, 3.63) is 21.1 Å². The van der Waals surface area contributed by atoms with E-state index >= 15 is 0 Å². The zero-order chi connectivity index (χ0) is 15.6. The standard InChI is InChI=1S/C13H14Br2N2O4/c1-21-11-6-9(7(14)5-8(11)15)16-13(20)17-4-2-3-10(17)12(18)19/h5-6,10H,2-4H2,1H3,(H,16,20)(H,18,19)/t10-/m1/s1. The van der Waals surface area contributed by atoms with Gasteiger partial charge in [-0.1, -0.05) is 0 Å². The number of halogens is 2. The lowest BCUT2D eigenvalue weighted by Gasteiger charge is -2.22. The summed E-state index contributed by atoms with van der Waals surface area (Å²) in [6.45, 7) is 0.439. The molecule has 0 radical (unpaired) electrons. The first-order valence-corrected chi connectivity index (χ1v) is 7.86. The second-order valence-electron chi connectivity index (χ2n) is 4.59. The van der Waals surface area contributed by atoms with Gasteiger partial charge in [-0.3, -0.25) is 0 Å². The Hall–Kier alpha value is -1.28. The fraction of sp³-hybridized carbons (Fsp3) is 0.385. The molecule has 0 bridgehead atoms. The lowest BCUT2D eigenvalue weighted by molar-refractivity contribution is -0.141. The number of methoxy groups -OCH3 is 1. The number of anilines is 1. The summed E-state index contributed by atoms with van der Waals surface area (Å²) >= 11 is 6.70. The van der Waals surface area contributed by atoms with Gasteiger partial charge in [0.25, 0.3) is 0 Å². The first-order chi connectivity index (χ1) is 9.93. The van der Waals surface area contributed by atoms with Crippen LogP contribution in [0.15, 0.2) is 21.1 Å². The number of rotatable bonds is 3. The van der Waals surface area contributed by atoms with Crippen molar-refractivity contribution in [3.8, 4) is 5.75 Å². The van der Waals surface area contributed by atoms with Crippen LogP contribution in [0.3, 0.4) is 0 Å². The maximum absolute atomic E-state index is 12.2. The highest BCUT2D eigenvalue weighted by Gasteiger charge is 2.34. The van der Waals surface area contributed by atoms with Crippen LogP contribution in [0.5, 0.6) is 5.75 Å². The average molecular weight is 422 g/mol. The molecule has 0 saturated carbocycles. The highest BCUT2D eigenvalue weighted by Crippen LogP contribution is 2.35. The lowest BCUT2D eigenvalue weighted by atomic mass is 10.2. The van der Waals surface area contributed by atoms with Crippen LogP contribution in [0.4, 0.5) is 10.5 Å². The van der Waals surface area contributed by atoms with Crippen molar-refractivity contribution in [1.29, 1.82) is 0 Å². The van der Waals surface area contributed by atoms with Gasteiger partial charge in [-0.2, -0.15) is 0 Å². The van der Waals surface area contributed by atoms with E-state index in [9.17, 15) is 9.59 Å². The molecule has 1 aliphatic rings. The monoisotopic (exact) mass is 420 g/mol. The minimum absolute atomic E-state index is 0.426. The third kappa shape index (κ3) is 3.49. The molecule has 2 amide bonds. The Bertz CT molecular complexity index is 580. The molecule has 6 nitrogen and oxygen atoms in total. The van der Waals surface area contributed by atoms with Gasteiger partial charge in [-0.15, -0.1) is 0 Å². The van der Waals surface area contributed by atoms with Gasteiger partial charge in [-0.25, -0.2) is 9.59 Å². The van der Waals surface area contributed by atoms with Gasteiger partial charge in [0, 0.05) is 17.1 Å². The second-order valence-corrected chi connectivity index (χ2v) is 6.30. The molecule has 0 spiro atoms. The number of carboxylic acid groups (broad SMARTS) is 1. The summed E-state index contributed by atoms with van der Waals surface area (Å²) in [6.07, 6.45) is 1.17. The van der Waals surface area contributed by atoms with E-state index in [1.54, 1.807) is 12.1 Å². The molecule has 1 heterocycles. The van der Waals surface area contributed by atoms with Crippen LogP contribution in [-0.2, 0) is 4.79 Å². The summed E-state index contributed by atoms with van der Waals surface area (Å²) < 4.78 is 6.61. The van der Waals surface area contributed by atoms with Gasteiger partial charge in [0.2, 0.25) is 0 Å². The number of carboxylic acids is 1. The molecule has 21 heavy (non-hydrogen) atoms. The number of hydrogen-bond acceptors (Lipinski definition) is 3. The number of benzene rings is 1. The smallest absolute Gasteiger partial charge is 0.326 e. The molecule has 1 saturated heterocycles. The van der Waals surface area contributed by atoms with Crippen molar-refractivity contribution in [3.63, 3.8) is 0 Å². The molecule has 1 atom stereocenters. The van der Waals surface area contributed by atoms with E-state index < -0.39 is 18.0 Å². The number of ether oxygens (including phenoxy) is 1. The van der Waals surface area contributed by atoms with Crippen molar-refractivity contribution < 1.29 is 19.4 Å². The molecule has 2 N–H and O–H groups in total. The Labute approximate surface area is 138 Å². The number of nitrogens with one attached hydrogen (secondary N) is 1. The molecule has 1 aliphatic heterocycles. The lowest BCUT2D eigenvalue weighted by Crippen LogP contribution is -2.42. The Morgan fingerprint density at radius 1 is 1.38 bits per heavy atom. The largest absolute Gasteiger partial charge is 0.495 e. The summed E-state index contributed by atoms with van der Waals surface area (Å²) in [7, 11) is 1.53. The molecule has 0 unspecified atom stereocenters. The molecule has 8 heteroatoms. The van der Waals surface area contributed by atoms with Crippen LogP contribution in [0.1, 0.15) is 12.8 Å². The summed E-state index contributed by atoms with van der Waals surface area (Å²) in [5.74, 6) is -0.403. The Balaban J connectivity index is 2.18. The van der Waals surface area contributed by atoms with E-state index in [0.29, 0.717) is 35.3 Å². The second kappa shape index (κ2) is 6.65. The van der Waals surface area contributed by atoms with E-state index in [2.05, 4.69) is 37.2 Å². The zero-order valence-corrected chi connectivity index (χ0v) is 14.4. The van der Waals surface area contributed by atoms with Crippen LogP contribution >= 0.6 is 31.9 Å². The summed E-state index contributed by atoms with van der Waals surface area (Å²) in [5, 5.41) is 11.8. The quantitative estimate of drug-likeness (QED) is 0.784. The fourth-order valence-corrected chi connectivity index (χ4v) is 3.49. The third-order valence-corrected chi connectivity index (χ3v) is 4.56. The first-order valence-electron chi connectivity index (χ1n) is 6.27. The number of hydrogen-bond donors (Lipinski definition) is 2. The predicted octanol–water partition coefficient (Wildman–Crippen LogP) is 3.30. The maximum atomic E-state index is 12.2. The number of urea groups is 1. The summed E-state index contributed by atoms with van der Waals surface area (Å²) in [6, 6.07) is 2.23. The van der Waals surface area contributed by atoms with Gasteiger partial charge in [0.05, 0.1) is 17.3 Å². The molecule has 1 fully saturated rings. The van der Waals surface area contributed by atoms with Gasteiger partial charge >= 0.3 is 12.0 Å². The van der Waals surface area contributed by atoms with Crippen LogP contribution in [0, 0.1) is 0 Å². The number of nitrogens with zero attached hydrogens (tertiary/aromatic N) is 1. The summed E-state index contributed by atoms with van der Waals surface area (Å²) in [5.41, 5.74) is 0.524. The molecule has 0 aromatic heterocycles. The molecular weight excluding hydrogens is 408 g/mol. The SMILES string of the molecule is COc1cc(NC(=O)N2CCC[C@@H]2C(=O)O)c(Br)cc1Br. The minimum atomic E-state index is -0.977. The van der Waals surface area contributed by atoms with E-state index in [-0.39, 0.29) is 0 Å². The number of carbonyl (C=O) groups excluding carboxylic acids is 1. The van der Waals surface area contributed by atoms with Crippen LogP contribution in [0.25, 0.3) is 0 Å². The predicted molar refractivity (Wildman–Crippen MR) is 84.8 cm³/mol. The van der Waals surface area contributed by atoms with Gasteiger partial charge in [0.1, 0.15) is 11.8 Å². The van der Waals surface area contributed by atoms with Gasteiger partial charge in [-0.05, 0) is 50.8 Å². The number of amides is 2. The normalized spacial score (nSPS) is 17.7. The van der Waals surface area contributed by atoms with Crippen molar-refractivity contribution in [2.45, 2.75) is 18.9 Å². The van der Waals surface area contributed by atoms with Gasteiger partial charge in [0.15, 0.2) is 0 Å². The highest BCUT2D eigenvalue weighted by atomic mass is 79.9. The first kappa shape index (κ1) is 16.1. The molecule has 1 aromatic rings. The Kier molecular flexibility index (Phi) is 5.10. The highest BCUT2D eigenvalue weighted by molar-refractivity contribution is 9.11. The van der Waals surface area contributed by atoms with Crippen LogP contribution in [-0.4, -0.2) is 41.7 Å². The van der Waals surface area contributed by atoms with Crippen LogP contribution in [0.2, 0.25) is 0 Å². The average Bonchev–Trinajstić information content (AvgIpc) is 2.91. The van der Waals surface area contributed by atoms with E-state index in [1.165, 1.54) is 12.0 Å². The number of aliphatic carboxylic acids is 1.